The molecule has 0 bridgehead atoms. The van der Waals surface area contributed by atoms with Crippen molar-refractivity contribution in [3.05, 3.63) is 54.6 Å². The van der Waals surface area contributed by atoms with Gasteiger partial charge in [-0.3, -0.25) is 9.69 Å². The minimum Gasteiger partial charge on any atom is -0.508 e. The maximum Gasteiger partial charge on any atom is 0.238 e. The molecule has 0 aliphatic heterocycles. The maximum absolute atomic E-state index is 12.6. The second kappa shape index (κ2) is 8.13. The molecule has 0 atom stereocenters. The zero-order valence-corrected chi connectivity index (χ0v) is 14.4. The number of phenolic OH excluding ortho intramolecular Hbond substituents is 1. The van der Waals surface area contributed by atoms with E-state index in [9.17, 15) is 9.90 Å². The van der Waals surface area contributed by atoms with E-state index >= 15 is 0 Å². The summed E-state index contributed by atoms with van der Waals surface area (Å²) < 4.78 is 1.48. The van der Waals surface area contributed by atoms with Crippen molar-refractivity contribution >= 4 is 23.4 Å². The van der Waals surface area contributed by atoms with Crippen molar-refractivity contribution in [2.75, 3.05) is 17.2 Å². The number of aromatic nitrogens is 4. The Morgan fingerprint density at radius 2 is 1.92 bits per heavy atom. The Hall–Kier alpha value is -3.38. The van der Waals surface area contributed by atoms with E-state index in [4.69, 9.17) is 5.26 Å². The van der Waals surface area contributed by atoms with Crippen LogP contribution in [0.25, 0.3) is 5.69 Å². The van der Waals surface area contributed by atoms with Gasteiger partial charge in [0.2, 0.25) is 11.1 Å². The van der Waals surface area contributed by atoms with E-state index in [-0.39, 0.29) is 24.0 Å². The number of para-hydroxylation sites is 1. The summed E-state index contributed by atoms with van der Waals surface area (Å²) in [5.41, 5.74) is 1.33. The Morgan fingerprint density at radius 1 is 1.19 bits per heavy atom. The van der Waals surface area contributed by atoms with Gasteiger partial charge in [0.25, 0.3) is 0 Å². The summed E-state index contributed by atoms with van der Waals surface area (Å²) in [7, 11) is 0. The molecule has 0 saturated heterocycles. The average molecular weight is 366 g/mol. The summed E-state index contributed by atoms with van der Waals surface area (Å²) in [4.78, 5) is 14.0. The molecule has 9 heteroatoms. The van der Waals surface area contributed by atoms with Crippen LogP contribution < -0.4 is 4.90 Å². The van der Waals surface area contributed by atoms with E-state index in [1.165, 1.54) is 33.5 Å². The van der Waals surface area contributed by atoms with E-state index in [2.05, 4.69) is 15.5 Å². The molecule has 3 rings (SSSR count). The minimum absolute atomic E-state index is 0.0354. The smallest absolute Gasteiger partial charge is 0.238 e. The van der Waals surface area contributed by atoms with Crippen LogP contribution in [0.15, 0.2) is 59.8 Å². The molecule has 0 aliphatic carbocycles. The van der Waals surface area contributed by atoms with Gasteiger partial charge < -0.3 is 5.11 Å². The molecule has 26 heavy (non-hydrogen) atoms. The highest BCUT2D eigenvalue weighted by molar-refractivity contribution is 7.99. The van der Waals surface area contributed by atoms with Gasteiger partial charge in [-0.2, -0.15) is 9.94 Å². The number of hydrogen-bond donors (Lipinski definition) is 1. The normalized spacial score (nSPS) is 10.3. The number of phenols is 1. The fourth-order valence-corrected chi connectivity index (χ4v) is 3.00. The van der Waals surface area contributed by atoms with E-state index < -0.39 is 0 Å². The number of carbonyl (C=O) groups is 1. The Morgan fingerprint density at radius 3 is 2.62 bits per heavy atom. The lowest BCUT2D eigenvalue weighted by molar-refractivity contribution is -0.116. The Kier molecular flexibility index (Phi) is 5.46. The molecule has 0 fully saturated rings. The molecular formula is C17H14N6O2S. The van der Waals surface area contributed by atoms with Crippen molar-refractivity contribution in [3.8, 4) is 17.5 Å². The number of tetrazole rings is 1. The van der Waals surface area contributed by atoms with Crippen molar-refractivity contribution in [1.29, 1.82) is 5.26 Å². The van der Waals surface area contributed by atoms with Crippen molar-refractivity contribution < 1.29 is 9.90 Å². The topological polar surface area (TPSA) is 108 Å². The number of benzene rings is 2. The van der Waals surface area contributed by atoms with Crippen LogP contribution >= 0.6 is 11.8 Å². The first-order valence-corrected chi connectivity index (χ1v) is 8.60. The SMILES string of the molecule is N#CCN(C(=O)CSc1nnnn1-c1ccc(O)cc1)c1ccccc1. The lowest BCUT2D eigenvalue weighted by atomic mass is 10.3. The molecule has 3 aromatic rings. The van der Waals surface area contributed by atoms with Gasteiger partial charge >= 0.3 is 0 Å². The number of hydrogen-bond acceptors (Lipinski definition) is 7. The van der Waals surface area contributed by atoms with Gasteiger partial charge in [-0.25, -0.2) is 0 Å². The first kappa shape index (κ1) is 17.4. The van der Waals surface area contributed by atoms with Gasteiger partial charge in [0.1, 0.15) is 12.3 Å². The zero-order valence-electron chi connectivity index (χ0n) is 13.6. The molecule has 2 aromatic carbocycles. The fourth-order valence-electron chi connectivity index (χ4n) is 2.23. The van der Waals surface area contributed by atoms with Gasteiger partial charge in [-0.15, -0.1) is 5.10 Å². The number of thioether (sulfide) groups is 1. The van der Waals surface area contributed by atoms with E-state index in [1.54, 1.807) is 24.3 Å². The molecule has 8 nitrogen and oxygen atoms in total. The third-order valence-corrected chi connectivity index (χ3v) is 4.36. The number of rotatable bonds is 6. The molecule has 1 aromatic heterocycles. The summed E-state index contributed by atoms with van der Waals surface area (Å²) in [5, 5.41) is 30.3. The zero-order chi connectivity index (χ0) is 18.4. The highest BCUT2D eigenvalue weighted by Crippen LogP contribution is 2.21. The molecule has 1 N–H and O–H groups in total. The van der Waals surface area contributed by atoms with Crippen LogP contribution in [-0.2, 0) is 4.79 Å². The van der Waals surface area contributed by atoms with Crippen LogP contribution in [0.2, 0.25) is 0 Å². The second-order valence-corrected chi connectivity index (χ2v) is 6.09. The predicted molar refractivity (Wildman–Crippen MR) is 96.0 cm³/mol. The summed E-state index contributed by atoms with van der Waals surface area (Å²) >= 11 is 1.17. The summed E-state index contributed by atoms with van der Waals surface area (Å²) in [6.07, 6.45) is 0. The minimum atomic E-state index is -0.219. The number of amides is 1. The van der Waals surface area contributed by atoms with Crippen LogP contribution in [0.5, 0.6) is 5.75 Å². The molecule has 1 amide bonds. The molecule has 0 unspecified atom stereocenters. The fraction of sp³-hybridized carbons (Fsp3) is 0.118. The van der Waals surface area contributed by atoms with Gasteiger partial charge in [-0.05, 0) is 46.8 Å². The monoisotopic (exact) mass is 366 g/mol. The molecular weight excluding hydrogens is 352 g/mol. The van der Waals surface area contributed by atoms with Crippen LogP contribution in [0.4, 0.5) is 5.69 Å². The third-order valence-electron chi connectivity index (χ3n) is 3.46. The van der Waals surface area contributed by atoms with Crippen LogP contribution in [0, 0.1) is 11.3 Å². The molecule has 0 spiro atoms. The quantitative estimate of drug-likeness (QED) is 0.525. The molecule has 130 valence electrons. The van der Waals surface area contributed by atoms with E-state index in [0.29, 0.717) is 16.5 Å². The van der Waals surface area contributed by atoms with E-state index in [0.717, 1.165) is 0 Å². The summed E-state index contributed by atoms with van der Waals surface area (Å²) in [6.45, 7) is -0.0354. The van der Waals surface area contributed by atoms with Crippen LogP contribution in [0.1, 0.15) is 0 Å². The van der Waals surface area contributed by atoms with Crippen molar-refractivity contribution in [2.45, 2.75) is 5.16 Å². The first-order valence-electron chi connectivity index (χ1n) is 7.62. The summed E-state index contributed by atoms with van der Waals surface area (Å²) in [6, 6.07) is 17.4. The average Bonchev–Trinajstić information content (AvgIpc) is 3.14. The van der Waals surface area contributed by atoms with Gasteiger partial charge in [0.05, 0.1) is 17.5 Å². The van der Waals surface area contributed by atoms with Crippen molar-refractivity contribution in [2.24, 2.45) is 0 Å². The first-order chi connectivity index (χ1) is 12.7. The number of carbonyl (C=O) groups excluding carboxylic acids is 1. The van der Waals surface area contributed by atoms with Crippen molar-refractivity contribution in [1.82, 2.24) is 20.2 Å². The predicted octanol–water partition coefficient (Wildman–Crippen LogP) is 2.02. The Balaban J connectivity index is 1.73. The maximum atomic E-state index is 12.6. The number of nitrogens with zero attached hydrogens (tertiary/aromatic N) is 6. The lowest BCUT2D eigenvalue weighted by Crippen LogP contribution is -2.32. The Labute approximate surface area is 153 Å². The molecule has 1 heterocycles. The standard InChI is InChI=1S/C17H14N6O2S/c18-10-11-22(13-4-2-1-3-5-13)16(25)12-26-17-19-20-21-23(17)14-6-8-15(24)9-7-14/h1-9,24H,11-12H2. The van der Waals surface area contributed by atoms with Gasteiger partial charge in [0, 0.05) is 5.69 Å². The lowest BCUT2D eigenvalue weighted by Gasteiger charge is -2.19. The largest absolute Gasteiger partial charge is 0.508 e. The highest BCUT2D eigenvalue weighted by Gasteiger charge is 2.18. The van der Waals surface area contributed by atoms with Gasteiger partial charge in [0.15, 0.2) is 0 Å². The second-order valence-electron chi connectivity index (χ2n) is 5.15. The number of anilines is 1. The van der Waals surface area contributed by atoms with Crippen LogP contribution in [-0.4, -0.2) is 43.5 Å². The molecule has 0 aliphatic rings. The highest BCUT2D eigenvalue weighted by atomic mass is 32.2. The Bertz CT molecular complexity index is 920. The van der Waals surface area contributed by atoms with E-state index in [1.807, 2.05) is 24.3 Å². The van der Waals surface area contributed by atoms with Crippen LogP contribution in [0.3, 0.4) is 0 Å². The van der Waals surface area contributed by atoms with Gasteiger partial charge in [-0.1, -0.05) is 30.0 Å². The van der Waals surface area contributed by atoms with Crippen molar-refractivity contribution in [3.63, 3.8) is 0 Å². The third kappa shape index (κ3) is 3.99. The number of aromatic hydroxyl groups is 1. The number of nitriles is 1. The molecule has 0 radical (unpaired) electrons. The molecule has 0 saturated carbocycles. The summed E-state index contributed by atoms with van der Waals surface area (Å²) in [5.74, 6) is -0.00102.